The number of amidine groups is 1. The minimum atomic E-state index is -0.418. The van der Waals surface area contributed by atoms with E-state index in [1.54, 1.807) is 0 Å². The highest BCUT2D eigenvalue weighted by Gasteiger charge is 2.14. The van der Waals surface area contributed by atoms with Gasteiger partial charge < -0.3 is 5.73 Å². The summed E-state index contributed by atoms with van der Waals surface area (Å²) in [7, 11) is -0.418. The molecule has 0 spiro atoms. The Labute approximate surface area is 144 Å². The Hall–Kier alpha value is -2.44. The Balaban J connectivity index is 1.87. The Morgan fingerprint density at radius 3 is 1.79 bits per heavy atom. The molecule has 0 amide bonds. The number of benzene rings is 3. The molecule has 2 nitrogen and oxygen atoms in total. The maximum atomic E-state index is 7.77. The van der Waals surface area contributed by atoms with Gasteiger partial charge in [-0.25, -0.2) is 0 Å². The molecule has 0 aliphatic heterocycles. The van der Waals surface area contributed by atoms with E-state index in [0.717, 1.165) is 23.7 Å². The van der Waals surface area contributed by atoms with Crippen LogP contribution in [0.25, 0.3) is 0 Å². The van der Waals surface area contributed by atoms with Crippen molar-refractivity contribution in [2.45, 2.75) is 6.42 Å². The predicted molar refractivity (Wildman–Crippen MR) is 105 cm³/mol. The smallest absolute Gasteiger partial charge is 0.123 e. The maximum Gasteiger partial charge on any atom is 0.123 e. The van der Waals surface area contributed by atoms with Crippen LogP contribution in [0.1, 0.15) is 11.1 Å². The van der Waals surface area contributed by atoms with Gasteiger partial charge in [0, 0.05) is 5.56 Å². The highest BCUT2D eigenvalue weighted by Crippen LogP contribution is 2.34. The van der Waals surface area contributed by atoms with Crippen molar-refractivity contribution >= 4 is 24.4 Å². The van der Waals surface area contributed by atoms with Crippen molar-refractivity contribution in [3.05, 3.63) is 96.1 Å². The number of hydrogen-bond donors (Lipinski definition) is 2. The molecular formula is C21H21N2P. The number of rotatable bonds is 6. The lowest BCUT2D eigenvalue weighted by molar-refractivity contribution is 1.14. The van der Waals surface area contributed by atoms with Crippen molar-refractivity contribution in [2.24, 2.45) is 5.73 Å². The first kappa shape index (κ1) is 16.4. The van der Waals surface area contributed by atoms with Crippen LogP contribution >= 0.6 is 7.92 Å². The fraction of sp³-hybridized carbons (Fsp3) is 0.0952. The SMILES string of the molecule is N=C(N)c1ccccc1CCP(c1ccccc1)c1ccccc1. The van der Waals surface area contributed by atoms with Gasteiger partial charge in [-0.05, 0) is 36.7 Å². The van der Waals surface area contributed by atoms with Gasteiger partial charge in [0.25, 0.3) is 0 Å². The van der Waals surface area contributed by atoms with E-state index in [-0.39, 0.29) is 5.84 Å². The van der Waals surface area contributed by atoms with Gasteiger partial charge in [0.1, 0.15) is 5.84 Å². The third-order valence-electron chi connectivity index (χ3n) is 4.05. The summed E-state index contributed by atoms with van der Waals surface area (Å²) in [5.74, 6) is 0.148. The van der Waals surface area contributed by atoms with Gasteiger partial charge in [0.15, 0.2) is 0 Å². The standard InChI is InChI=1S/C21H21N2P/c22-21(23)20-14-8-7-9-17(20)15-16-24(18-10-3-1-4-11-18)19-12-5-2-6-13-19/h1-14H,15-16H2,(H3,22,23). The fourth-order valence-electron chi connectivity index (χ4n) is 2.86. The second-order valence-electron chi connectivity index (χ2n) is 5.64. The topological polar surface area (TPSA) is 49.9 Å². The van der Waals surface area contributed by atoms with Crippen molar-refractivity contribution in [3.8, 4) is 0 Å². The predicted octanol–water partition coefficient (Wildman–Crippen LogP) is 3.65. The molecule has 0 atom stereocenters. The molecule has 0 aliphatic carbocycles. The lowest BCUT2D eigenvalue weighted by atomic mass is 10.0. The molecule has 3 heteroatoms. The van der Waals surface area contributed by atoms with E-state index >= 15 is 0 Å². The second kappa shape index (κ2) is 7.90. The molecule has 3 rings (SSSR count). The second-order valence-corrected chi connectivity index (χ2v) is 7.98. The largest absolute Gasteiger partial charge is 0.384 e. The zero-order chi connectivity index (χ0) is 16.8. The van der Waals surface area contributed by atoms with Gasteiger partial charge in [-0.3, -0.25) is 5.41 Å². The molecule has 24 heavy (non-hydrogen) atoms. The zero-order valence-electron chi connectivity index (χ0n) is 13.5. The van der Waals surface area contributed by atoms with Crippen LogP contribution < -0.4 is 16.3 Å². The maximum absolute atomic E-state index is 7.77. The summed E-state index contributed by atoms with van der Waals surface area (Å²) in [6.07, 6.45) is 1.97. The third-order valence-corrected chi connectivity index (χ3v) is 6.56. The van der Waals surface area contributed by atoms with Crippen molar-refractivity contribution in [3.63, 3.8) is 0 Å². The summed E-state index contributed by atoms with van der Waals surface area (Å²) >= 11 is 0. The monoisotopic (exact) mass is 332 g/mol. The Morgan fingerprint density at radius 1 is 0.750 bits per heavy atom. The fourth-order valence-corrected chi connectivity index (χ4v) is 5.20. The summed E-state index contributed by atoms with van der Waals surface area (Å²) in [6.45, 7) is 0. The molecule has 0 saturated heterocycles. The van der Waals surface area contributed by atoms with E-state index in [0.29, 0.717) is 0 Å². The number of aryl methyl sites for hydroxylation is 1. The van der Waals surface area contributed by atoms with Crippen molar-refractivity contribution in [2.75, 3.05) is 6.16 Å². The van der Waals surface area contributed by atoms with Crippen molar-refractivity contribution in [1.82, 2.24) is 0 Å². The van der Waals surface area contributed by atoms with Crippen molar-refractivity contribution in [1.29, 1.82) is 5.41 Å². The first-order valence-electron chi connectivity index (χ1n) is 8.05. The molecule has 3 N–H and O–H groups in total. The Kier molecular flexibility index (Phi) is 5.40. The van der Waals surface area contributed by atoms with Gasteiger partial charge >= 0.3 is 0 Å². The van der Waals surface area contributed by atoms with Gasteiger partial charge in [-0.15, -0.1) is 0 Å². The quantitative estimate of drug-likeness (QED) is 0.404. The average Bonchev–Trinajstić information content (AvgIpc) is 2.64. The summed E-state index contributed by atoms with van der Waals surface area (Å²) < 4.78 is 0. The van der Waals surface area contributed by atoms with Crippen LogP contribution in [-0.2, 0) is 6.42 Å². The molecule has 0 aromatic heterocycles. The van der Waals surface area contributed by atoms with E-state index in [1.807, 2.05) is 18.2 Å². The molecule has 0 unspecified atom stereocenters. The number of nitrogens with one attached hydrogen (secondary N) is 1. The molecule has 3 aromatic carbocycles. The normalized spacial score (nSPS) is 10.7. The van der Waals surface area contributed by atoms with Crippen LogP contribution in [0, 0.1) is 5.41 Å². The first-order valence-corrected chi connectivity index (χ1v) is 9.58. The lowest BCUT2D eigenvalue weighted by Gasteiger charge is -2.19. The van der Waals surface area contributed by atoms with Crippen LogP contribution in [0.3, 0.4) is 0 Å². The third kappa shape index (κ3) is 3.90. The Bertz CT molecular complexity index is 761. The molecule has 3 aromatic rings. The van der Waals surface area contributed by atoms with Crippen LogP contribution in [-0.4, -0.2) is 12.0 Å². The number of nitrogens with two attached hydrogens (primary N) is 1. The summed E-state index contributed by atoms with van der Waals surface area (Å²) in [5, 5.41) is 10.5. The molecule has 0 heterocycles. The van der Waals surface area contributed by atoms with Gasteiger partial charge in [0.2, 0.25) is 0 Å². The van der Waals surface area contributed by atoms with Crippen LogP contribution in [0.15, 0.2) is 84.9 Å². The van der Waals surface area contributed by atoms with Gasteiger partial charge in [0.05, 0.1) is 0 Å². The van der Waals surface area contributed by atoms with E-state index in [1.165, 1.54) is 10.6 Å². The molecule has 0 fully saturated rings. The molecule has 0 aliphatic rings. The van der Waals surface area contributed by atoms with Gasteiger partial charge in [-0.2, -0.15) is 0 Å². The van der Waals surface area contributed by atoms with Crippen molar-refractivity contribution < 1.29 is 0 Å². The average molecular weight is 332 g/mol. The van der Waals surface area contributed by atoms with E-state index < -0.39 is 7.92 Å². The zero-order valence-corrected chi connectivity index (χ0v) is 14.4. The first-order chi connectivity index (χ1) is 11.8. The van der Waals surface area contributed by atoms with Gasteiger partial charge in [-0.1, -0.05) is 84.9 Å². The summed E-state index contributed by atoms with van der Waals surface area (Å²) in [4.78, 5) is 0. The van der Waals surface area contributed by atoms with Crippen LogP contribution in [0.4, 0.5) is 0 Å². The molecule has 120 valence electrons. The molecule has 0 radical (unpaired) electrons. The number of hydrogen-bond acceptors (Lipinski definition) is 1. The summed E-state index contributed by atoms with van der Waals surface area (Å²) in [6, 6.07) is 29.4. The molecule has 0 bridgehead atoms. The lowest BCUT2D eigenvalue weighted by Crippen LogP contribution is -2.17. The van der Waals surface area contributed by atoms with E-state index in [2.05, 4.69) is 66.7 Å². The summed E-state index contributed by atoms with van der Waals surface area (Å²) in [5.41, 5.74) is 7.74. The minimum Gasteiger partial charge on any atom is -0.384 e. The molecular weight excluding hydrogens is 311 g/mol. The minimum absolute atomic E-state index is 0.148. The Morgan fingerprint density at radius 2 is 1.25 bits per heavy atom. The van der Waals surface area contributed by atoms with Crippen LogP contribution in [0.5, 0.6) is 0 Å². The highest BCUT2D eigenvalue weighted by atomic mass is 31.1. The molecule has 0 saturated carbocycles. The highest BCUT2D eigenvalue weighted by molar-refractivity contribution is 7.73. The van der Waals surface area contributed by atoms with Crippen LogP contribution in [0.2, 0.25) is 0 Å². The van der Waals surface area contributed by atoms with E-state index in [9.17, 15) is 0 Å². The number of nitrogen functional groups attached to an aromatic ring is 1. The van der Waals surface area contributed by atoms with E-state index in [4.69, 9.17) is 11.1 Å².